The Morgan fingerprint density at radius 2 is 1.81 bits per heavy atom. The van der Waals surface area contributed by atoms with Crippen molar-refractivity contribution >= 4 is 31.4 Å². The van der Waals surface area contributed by atoms with Gasteiger partial charge in [0.1, 0.15) is 11.5 Å². The van der Waals surface area contributed by atoms with Crippen molar-refractivity contribution < 1.29 is 22.4 Å². The number of halogens is 2. The van der Waals surface area contributed by atoms with Crippen molar-refractivity contribution in [1.82, 2.24) is 10.3 Å². The third-order valence-corrected chi connectivity index (χ3v) is 6.25. The number of pyridine rings is 1. The Morgan fingerprint density at radius 3 is 2.41 bits per heavy atom. The number of hydrogen-bond donors (Lipinski definition) is 1. The van der Waals surface area contributed by atoms with Gasteiger partial charge in [-0.15, -0.1) is 0 Å². The van der Waals surface area contributed by atoms with E-state index >= 15 is 0 Å². The average molecular weight is 475 g/mol. The SMILES string of the molecule is Cc1cc(S(=O)(=O)Cl)ccc1CC(=O)[C@H](Cc1ccccc1)NC(=O)c1ccc(F)cn1. The van der Waals surface area contributed by atoms with Gasteiger partial charge >= 0.3 is 0 Å². The zero-order valence-electron chi connectivity index (χ0n) is 17.1. The van der Waals surface area contributed by atoms with Crippen LogP contribution < -0.4 is 5.32 Å². The molecule has 1 N–H and O–H groups in total. The Bertz CT molecular complexity index is 1230. The summed E-state index contributed by atoms with van der Waals surface area (Å²) >= 11 is 0. The highest BCUT2D eigenvalue weighted by Gasteiger charge is 2.23. The molecular formula is C23H20ClFN2O4S. The molecule has 0 saturated heterocycles. The van der Waals surface area contributed by atoms with Gasteiger partial charge in [-0.2, -0.15) is 0 Å². The number of ketones is 1. The highest BCUT2D eigenvalue weighted by molar-refractivity contribution is 8.13. The lowest BCUT2D eigenvalue weighted by Crippen LogP contribution is -2.43. The van der Waals surface area contributed by atoms with E-state index in [0.29, 0.717) is 11.1 Å². The van der Waals surface area contributed by atoms with E-state index in [1.807, 2.05) is 30.3 Å². The van der Waals surface area contributed by atoms with Crippen molar-refractivity contribution in [2.45, 2.75) is 30.7 Å². The summed E-state index contributed by atoms with van der Waals surface area (Å²) in [5.74, 6) is -1.44. The first kappa shape index (κ1) is 23.6. The van der Waals surface area contributed by atoms with Crippen LogP contribution in [-0.2, 0) is 26.7 Å². The molecule has 1 heterocycles. The molecule has 0 radical (unpaired) electrons. The molecule has 1 amide bonds. The van der Waals surface area contributed by atoms with Crippen LogP contribution in [0.5, 0.6) is 0 Å². The molecule has 0 spiro atoms. The van der Waals surface area contributed by atoms with Crippen LogP contribution >= 0.6 is 10.7 Å². The highest BCUT2D eigenvalue weighted by Crippen LogP contribution is 2.20. The van der Waals surface area contributed by atoms with Gasteiger partial charge in [-0.1, -0.05) is 36.4 Å². The van der Waals surface area contributed by atoms with Crippen LogP contribution in [-0.4, -0.2) is 31.1 Å². The van der Waals surface area contributed by atoms with Gasteiger partial charge in [0.15, 0.2) is 5.78 Å². The summed E-state index contributed by atoms with van der Waals surface area (Å²) in [7, 11) is 1.50. The van der Waals surface area contributed by atoms with E-state index in [4.69, 9.17) is 10.7 Å². The first-order valence-corrected chi connectivity index (χ1v) is 12.0. The zero-order valence-corrected chi connectivity index (χ0v) is 18.7. The van der Waals surface area contributed by atoms with E-state index in [1.54, 1.807) is 6.92 Å². The average Bonchev–Trinajstić information content (AvgIpc) is 2.75. The maximum absolute atomic E-state index is 13.1. The fraction of sp³-hybridized carbons (Fsp3) is 0.174. The number of nitrogens with zero attached hydrogens (tertiary/aromatic N) is 1. The number of carbonyl (C=O) groups is 2. The number of benzene rings is 2. The van der Waals surface area contributed by atoms with Crippen LogP contribution in [0, 0.1) is 12.7 Å². The van der Waals surface area contributed by atoms with Crippen LogP contribution in [0.2, 0.25) is 0 Å². The predicted molar refractivity (Wildman–Crippen MR) is 119 cm³/mol. The molecule has 32 heavy (non-hydrogen) atoms. The number of rotatable bonds is 8. The molecule has 0 aliphatic carbocycles. The summed E-state index contributed by atoms with van der Waals surface area (Å²) in [6.45, 7) is 1.68. The smallest absolute Gasteiger partial charge is 0.270 e. The lowest BCUT2D eigenvalue weighted by Gasteiger charge is -2.18. The molecule has 3 aromatic rings. The summed E-state index contributed by atoms with van der Waals surface area (Å²) in [5.41, 5.74) is 2.04. The zero-order chi connectivity index (χ0) is 23.3. The van der Waals surface area contributed by atoms with Gasteiger partial charge in [0, 0.05) is 17.1 Å². The number of amides is 1. The number of carbonyl (C=O) groups excluding carboxylic acids is 2. The second kappa shape index (κ2) is 10.0. The lowest BCUT2D eigenvalue weighted by atomic mass is 9.95. The number of aromatic nitrogens is 1. The molecule has 2 aromatic carbocycles. The van der Waals surface area contributed by atoms with Gasteiger partial charge in [-0.3, -0.25) is 9.59 Å². The summed E-state index contributed by atoms with van der Waals surface area (Å²) < 4.78 is 36.2. The number of nitrogens with one attached hydrogen (secondary N) is 1. The monoisotopic (exact) mass is 474 g/mol. The molecule has 0 unspecified atom stereocenters. The molecule has 0 fully saturated rings. The third kappa shape index (κ3) is 6.21. The molecule has 6 nitrogen and oxygen atoms in total. The Kier molecular flexibility index (Phi) is 7.37. The Morgan fingerprint density at radius 1 is 1.09 bits per heavy atom. The minimum absolute atomic E-state index is 0.00915. The topological polar surface area (TPSA) is 93.2 Å². The van der Waals surface area contributed by atoms with E-state index in [-0.39, 0.29) is 29.2 Å². The van der Waals surface area contributed by atoms with Crippen molar-refractivity contribution in [3.63, 3.8) is 0 Å². The Hall–Kier alpha value is -3.10. The summed E-state index contributed by atoms with van der Waals surface area (Å²) in [5, 5.41) is 2.69. The van der Waals surface area contributed by atoms with Crippen LogP contribution in [0.15, 0.2) is 71.8 Å². The van der Waals surface area contributed by atoms with Gasteiger partial charge < -0.3 is 5.32 Å². The second-order valence-corrected chi connectivity index (χ2v) is 9.81. The quantitative estimate of drug-likeness (QED) is 0.503. The number of hydrogen-bond acceptors (Lipinski definition) is 5. The molecular weight excluding hydrogens is 455 g/mol. The minimum atomic E-state index is -3.88. The van der Waals surface area contributed by atoms with Crippen LogP contribution in [0.1, 0.15) is 27.2 Å². The maximum Gasteiger partial charge on any atom is 0.270 e. The summed E-state index contributed by atoms with van der Waals surface area (Å²) in [4.78, 5) is 29.4. The van der Waals surface area contributed by atoms with Crippen molar-refractivity contribution in [3.05, 3.63) is 95.1 Å². The fourth-order valence-electron chi connectivity index (χ4n) is 3.17. The van der Waals surface area contributed by atoms with E-state index in [0.717, 1.165) is 17.8 Å². The Balaban J connectivity index is 1.83. The van der Waals surface area contributed by atoms with Crippen LogP contribution in [0.3, 0.4) is 0 Å². The molecule has 1 atom stereocenters. The van der Waals surface area contributed by atoms with Crippen LogP contribution in [0.25, 0.3) is 0 Å². The highest BCUT2D eigenvalue weighted by atomic mass is 35.7. The van der Waals surface area contributed by atoms with E-state index < -0.39 is 26.8 Å². The van der Waals surface area contributed by atoms with Gasteiger partial charge in [0.05, 0.1) is 17.1 Å². The number of aryl methyl sites for hydroxylation is 1. The van der Waals surface area contributed by atoms with Gasteiger partial charge in [0.25, 0.3) is 15.0 Å². The molecule has 1 aromatic heterocycles. The van der Waals surface area contributed by atoms with Crippen molar-refractivity contribution in [2.24, 2.45) is 0 Å². The number of Topliss-reactive ketones (excluding diaryl/α,β-unsaturated/α-hetero) is 1. The first-order valence-electron chi connectivity index (χ1n) is 9.67. The molecule has 3 rings (SSSR count). The van der Waals surface area contributed by atoms with Crippen molar-refractivity contribution in [2.75, 3.05) is 0 Å². The minimum Gasteiger partial charge on any atom is -0.341 e. The van der Waals surface area contributed by atoms with Gasteiger partial charge in [-0.05, 0) is 54.3 Å². The molecule has 0 bridgehead atoms. The molecule has 0 saturated carbocycles. The fourth-order valence-corrected chi connectivity index (χ4v) is 4.00. The predicted octanol–water partition coefficient (Wildman–Crippen LogP) is 3.61. The van der Waals surface area contributed by atoms with E-state index in [9.17, 15) is 22.4 Å². The lowest BCUT2D eigenvalue weighted by molar-refractivity contribution is -0.120. The standard InChI is InChI=1S/C23H20ClFN2O4S/c1-15-11-19(32(24,30)31)9-7-17(15)13-22(28)21(12-16-5-3-2-4-6-16)27-23(29)20-10-8-18(25)14-26-20/h2-11,14,21H,12-13H2,1H3,(H,27,29)/t21-/m0/s1. The van der Waals surface area contributed by atoms with Crippen molar-refractivity contribution in [1.29, 1.82) is 0 Å². The van der Waals surface area contributed by atoms with Gasteiger partial charge in [0.2, 0.25) is 0 Å². The molecule has 166 valence electrons. The molecule has 0 aliphatic rings. The van der Waals surface area contributed by atoms with E-state index in [1.165, 1.54) is 24.3 Å². The van der Waals surface area contributed by atoms with E-state index in [2.05, 4.69) is 10.3 Å². The molecule has 9 heteroatoms. The van der Waals surface area contributed by atoms with Crippen molar-refractivity contribution in [3.8, 4) is 0 Å². The van der Waals surface area contributed by atoms with Gasteiger partial charge in [-0.25, -0.2) is 17.8 Å². The second-order valence-electron chi connectivity index (χ2n) is 7.25. The normalized spacial score (nSPS) is 12.2. The first-order chi connectivity index (χ1) is 15.1. The largest absolute Gasteiger partial charge is 0.341 e. The summed E-state index contributed by atoms with van der Waals surface area (Å²) in [6.07, 6.45) is 1.15. The Labute approximate surface area is 189 Å². The molecule has 0 aliphatic heterocycles. The third-order valence-electron chi connectivity index (χ3n) is 4.90. The van der Waals surface area contributed by atoms with Crippen LogP contribution in [0.4, 0.5) is 4.39 Å². The summed E-state index contributed by atoms with van der Waals surface area (Å²) in [6, 6.07) is 14.9. The maximum atomic E-state index is 13.1.